The van der Waals surface area contributed by atoms with E-state index in [0.717, 1.165) is 12.0 Å². The minimum atomic E-state index is -0.997. The summed E-state index contributed by atoms with van der Waals surface area (Å²) in [5.41, 5.74) is 1.50. The van der Waals surface area contributed by atoms with Crippen LogP contribution in [-0.4, -0.2) is 42.0 Å². The largest absolute Gasteiger partial charge is 0.481 e. The van der Waals surface area contributed by atoms with Crippen LogP contribution < -0.4 is 5.32 Å². The molecular weight excluding hydrogens is 394 g/mol. The highest BCUT2D eigenvalue weighted by atomic mass is 16.6. The van der Waals surface area contributed by atoms with Crippen LogP contribution in [0.4, 0.5) is 4.79 Å². The van der Waals surface area contributed by atoms with Crippen molar-refractivity contribution in [3.05, 3.63) is 59.7 Å². The summed E-state index contributed by atoms with van der Waals surface area (Å²) in [5.74, 6) is -1.66. The number of methoxy groups -OCH3 is 1. The summed E-state index contributed by atoms with van der Waals surface area (Å²) >= 11 is 0. The fourth-order valence-electron chi connectivity index (χ4n) is 3.10. The highest BCUT2D eigenvalue weighted by molar-refractivity contribution is 5.74. The number of carboxylic acids is 1. The first kappa shape index (κ1) is 26.4. The van der Waals surface area contributed by atoms with Crippen LogP contribution in [0.5, 0.6) is 0 Å². The maximum Gasteiger partial charge on any atom is 0.408 e. The average Bonchev–Trinajstić information content (AvgIpc) is 2.67. The molecule has 1 aromatic rings. The first-order chi connectivity index (χ1) is 14.4. The first-order valence-electron chi connectivity index (χ1n) is 10.6. The van der Waals surface area contributed by atoms with E-state index in [1.807, 2.05) is 31.2 Å². The van der Waals surface area contributed by atoms with Crippen LogP contribution in [0, 0.1) is 11.8 Å². The standard InChI is InChI=1S/C25H37NO5/c1-17(15-18(2)22(30-7)16-20-11-9-8-10-12-20)13-14-21(19(3)23(27)28)26-24(29)31-25(4,5)6/h8-15,18-19,21-22H,16H2,1-7H3,(H,26,29)(H,27,28)/b14-13+,17-15+/t18-,19-,21-,22-/m0/s1. The number of carbonyl (C=O) groups excluding carboxylic acids is 1. The zero-order valence-electron chi connectivity index (χ0n) is 19.7. The van der Waals surface area contributed by atoms with Crippen molar-refractivity contribution in [1.29, 1.82) is 0 Å². The lowest BCUT2D eigenvalue weighted by molar-refractivity contribution is -0.141. The number of allylic oxidation sites excluding steroid dienone is 2. The SMILES string of the molecule is CO[C@@H](Cc1ccccc1)[C@@H](C)/C=C(C)/C=C/[C@H](NC(=O)OC(C)(C)C)[C@H](C)C(=O)O. The van der Waals surface area contributed by atoms with Gasteiger partial charge in [-0.2, -0.15) is 0 Å². The number of amides is 1. The summed E-state index contributed by atoms with van der Waals surface area (Å²) in [4.78, 5) is 23.6. The lowest BCUT2D eigenvalue weighted by Gasteiger charge is -2.24. The predicted molar refractivity (Wildman–Crippen MR) is 123 cm³/mol. The van der Waals surface area contributed by atoms with Gasteiger partial charge in [-0.1, -0.05) is 61.1 Å². The molecule has 1 amide bonds. The fraction of sp³-hybridized carbons (Fsp3) is 0.520. The van der Waals surface area contributed by atoms with Crippen LogP contribution in [0.25, 0.3) is 0 Å². The molecule has 0 spiro atoms. The number of ether oxygens (including phenoxy) is 2. The lowest BCUT2D eigenvalue weighted by Crippen LogP contribution is -2.43. The number of benzene rings is 1. The second-order valence-corrected chi connectivity index (χ2v) is 8.89. The Morgan fingerprint density at radius 2 is 1.77 bits per heavy atom. The van der Waals surface area contributed by atoms with Gasteiger partial charge in [-0.25, -0.2) is 4.79 Å². The van der Waals surface area contributed by atoms with Crippen LogP contribution in [0.15, 0.2) is 54.1 Å². The number of carbonyl (C=O) groups is 2. The molecule has 6 nitrogen and oxygen atoms in total. The highest BCUT2D eigenvalue weighted by Gasteiger charge is 2.25. The lowest BCUT2D eigenvalue weighted by atomic mass is 9.95. The molecular formula is C25H37NO5. The molecule has 0 radical (unpaired) electrons. The molecule has 0 saturated carbocycles. The molecule has 0 aliphatic rings. The molecule has 0 heterocycles. The first-order valence-corrected chi connectivity index (χ1v) is 10.6. The molecule has 172 valence electrons. The van der Waals surface area contributed by atoms with Gasteiger partial charge in [-0.05, 0) is 46.6 Å². The fourth-order valence-corrected chi connectivity index (χ4v) is 3.10. The molecule has 4 atom stereocenters. The molecule has 0 aromatic heterocycles. The maximum absolute atomic E-state index is 12.1. The number of aliphatic carboxylic acids is 1. The molecule has 0 saturated heterocycles. The Kier molecular flexibility index (Phi) is 10.5. The van der Waals surface area contributed by atoms with E-state index >= 15 is 0 Å². The predicted octanol–water partition coefficient (Wildman–Crippen LogP) is 5.00. The number of nitrogens with one attached hydrogen (secondary N) is 1. The average molecular weight is 432 g/mol. The van der Waals surface area contributed by atoms with Gasteiger partial charge in [0.05, 0.1) is 18.1 Å². The van der Waals surface area contributed by atoms with Gasteiger partial charge in [0.15, 0.2) is 0 Å². The summed E-state index contributed by atoms with van der Waals surface area (Å²) in [7, 11) is 1.71. The van der Waals surface area contributed by atoms with E-state index < -0.39 is 29.6 Å². The molecule has 1 aromatic carbocycles. The van der Waals surface area contributed by atoms with Gasteiger partial charge < -0.3 is 19.9 Å². The molecule has 6 heteroatoms. The Morgan fingerprint density at radius 3 is 2.29 bits per heavy atom. The normalized spacial score (nSPS) is 16.4. The number of hydrogen-bond donors (Lipinski definition) is 2. The van der Waals surface area contributed by atoms with E-state index in [1.54, 1.807) is 40.9 Å². The van der Waals surface area contributed by atoms with Crippen LogP contribution in [-0.2, 0) is 20.7 Å². The molecule has 31 heavy (non-hydrogen) atoms. The van der Waals surface area contributed by atoms with E-state index in [4.69, 9.17) is 9.47 Å². The van der Waals surface area contributed by atoms with Crippen LogP contribution in [0.1, 0.15) is 47.1 Å². The third kappa shape index (κ3) is 10.3. The molecule has 0 bridgehead atoms. The van der Waals surface area contributed by atoms with Gasteiger partial charge in [0, 0.05) is 13.0 Å². The van der Waals surface area contributed by atoms with Gasteiger partial charge >= 0.3 is 12.1 Å². The maximum atomic E-state index is 12.1. The van der Waals surface area contributed by atoms with E-state index in [1.165, 1.54) is 5.56 Å². The van der Waals surface area contributed by atoms with Crippen molar-refractivity contribution in [1.82, 2.24) is 5.32 Å². The number of alkyl carbamates (subject to hydrolysis) is 1. The zero-order valence-corrected chi connectivity index (χ0v) is 19.7. The molecule has 0 aliphatic carbocycles. The minimum Gasteiger partial charge on any atom is -0.481 e. The summed E-state index contributed by atoms with van der Waals surface area (Å²) in [6.07, 6.45) is 5.77. The third-order valence-corrected chi connectivity index (χ3v) is 4.87. The minimum absolute atomic E-state index is 0.0133. The number of hydrogen-bond acceptors (Lipinski definition) is 4. The Labute approximate surface area is 186 Å². The van der Waals surface area contributed by atoms with Gasteiger partial charge in [0.25, 0.3) is 0 Å². The second kappa shape index (κ2) is 12.3. The number of rotatable bonds is 10. The molecule has 0 aliphatic heterocycles. The van der Waals surface area contributed by atoms with Crippen molar-refractivity contribution in [2.45, 2.75) is 65.7 Å². The van der Waals surface area contributed by atoms with Crippen LogP contribution in [0.2, 0.25) is 0 Å². The highest BCUT2D eigenvalue weighted by Crippen LogP contribution is 2.17. The van der Waals surface area contributed by atoms with E-state index in [2.05, 4.69) is 30.4 Å². The topological polar surface area (TPSA) is 84.9 Å². The summed E-state index contributed by atoms with van der Waals surface area (Å²) in [6, 6.07) is 9.47. The summed E-state index contributed by atoms with van der Waals surface area (Å²) in [5, 5.41) is 12.0. The van der Waals surface area contributed by atoms with Gasteiger partial charge in [0.2, 0.25) is 0 Å². The van der Waals surface area contributed by atoms with Gasteiger partial charge in [-0.3, -0.25) is 4.79 Å². The van der Waals surface area contributed by atoms with Crippen molar-refractivity contribution < 1.29 is 24.2 Å². The smallest absolute Gasteiger partial charge is 0.408 e. The van der Waals surface area contributed by atoms with Crippen molar-refractivity contribution in [3.8, 4) is 0 Å². The van der Waals surface area contributed by atoms with Crippen molar-refractivity contribution in [2.24, 2.45) is 11.8 Å². The Hall–Kier alpha value is -2.60. The zero-order chi connectivity index (χ0) is 23.6. The van der Waals surface area contributed by atoms with E-state index in [9.17, 15) is 14.7 Å². The van der Waals surface area contributed by atoms with Gasteiger partial charge in [0.1, 0.15) is 5.60 Å². The van der Waals surface area contributed by atoms with E-state index in [-0.39, 0.29) is 12.0 Å². The van der Waals surface area contributed by atoms with Crippen molar-refractivity contribution in [3.63, 3.8) is 0 Å². The third-order valence-electron chi connectivity index (χ3n) is 4.87. The molecule has 0 fully saturated rings. The Balaban J connectivity index is 2.88. The molecule has 2 N–H and O–H groups in total. The summed E-state index contributed by atoms with van der Waals surface area (Å²) < 4.78 is 11.0. The second-order valence-electron chi connectivity index (χ2n) is 8.89. The van der Waals surface area contributed by atoms with Crippen LogP contribution >= 0.6 is 0 Å². The summed E-state index contributed by atoms with van der Waals surface area (Å²) in [6.45, 7) is 10.9. The number of carboxylic acid groups (broad SMARTS) is 1. The van der Waals surface area contributed by atoms with Crippen LogP contribution in [0.3, 0.4) is 0 Å². The quantitative estimate of drug-likeness (QED) is 0.510. The van der Waals surface area contributed by atoms with Gasteiger partial charge in [-0.15, -0.1) is 0 Å². The Morgan fingerprint density at radius 1 is 1.16 bits per heavy atom. The monoisotopic (exact) mass is 431 g/mol. The molecule has 1 rings (SSSR count). The van der Waals surface area contributed by atoms with Crippen molar-refractivity contribution in [2.75, 3.05) is 7.11 Å². The van der Waals surface area contributed by atoms with E-state index in [0.29, 0.717) is 0 Å². The Bertz CT molecular complexity index is 764. The molecule has 0 unspecified atom stereocenters. The van der Waals surface area contributed by atoms with Crippen molar-refractivity contribution >= 4 is 12.1 Å².